The lowest BCUT2D eigenvalue weighted by atomic mass is 10.0. The molecule has 0 fully saturated rings. The first-order valence-corrected chi connectivity index (χ1v) is 5.27. The van der Waals surface area contributed by atoms with Crippen molar-refractivity contribution in [1.29, 1.82) is 0 Å². The van der Waals surface area contributed by atoms with Crippen molar-refractivity contribution in [2.75, 3.05) is 0 Å². The van der Waals surface area contributed by atoms with E-state index in [4.69, 9.17) is 5.11 Å². The van der Waals surface area contributed by atoms with Gasteiger partial charge >= 0.3 is 12.1 Å². The van der Waals surface area contributed by atoms with Gasteiger partial charge in [-0.1, -0.05) is 18.2 Å². The molecule has 100 valence electrons. The second kappa shape index (κ2) is 4.97. The van der Waals surface area contributed by atoms with Gasteiger partial charge < -0.3 is 5.11 Å². The molecule has 0 radical (unpaired) electrons. The van der Waals surface area contributed by atoms with Crippen LogP contribution in [0.25, 0.3) is 0 Å². The lowest BCUT2D eigenvalue weighted by Crippen LogP contribution is -2.46. The molecule has 0 aliphatic carbocycles. The van der Waals surface area contributed by atoms with E-state index in [1.54, 1.807) is 0 Å². The number of benzene rings is 1. The Kier molecular flexibility index (Phi) is 4.01. The standard InChI is InChI=1S/C12H14F3NO2/c1-11(2,10(17)18)16-7-8-4-3-5-9(6-8)12(13,14)15/h3-6,16H,7H2,1-2H3,(H,17,18). The summed E-state index contributed by atoms with van der Waals surface area (Å²) in [6.45, 7) is 2.95. The zero-order valence-corrected chi connectivity index (χ0v) is 10.0. The minimum Gasteiger partial charge on any atom is -0.480 e. The number of nitrogens with one attached hydrogen (secondary N) is 1. The highest BCUT2D eigenvalue weighted by Gasteiger charge is 2.31. The SMILES string of the molecule is CC(C)(NCc1cccc(C(F)(F)F)c1)C(=O)O. The molecular weight excluding hydrogens is 247 g/mol. The fourth-order valence-electron chi connectivity index (χ4n) is 1.26. The smallest absolute Gasteiger partial charge is 0.416 e. The van der Waals surface area contributed by atoms with Crippen molar-refractivity contribution in [3.8, 4) is 0 Å². The van der Waals surface area contributed by atoms with Gasteiger partial charge in [-0.15, -0.1) is 0 Å². The molecule has 0 saturated carbocycles. The summed E-state index contributed by atoms with van der Waals surface area (Å²) < 4.78 is 37.4. The Labute approximate surface area is 103 Å². The van der Waals surface area contributed by atoms with E-state index in [0.717, 1.165) is 12.1 Å². The molecule has 0 aliphatic rings. The Bertz CT molecular complexity index is 441. The first kappa shape index (κ1) is 14.5. The summed E-state index contributed by atoms with van der Waals surface area (Å²) in [5, 5.41) is 11.5. The van der Waals surface area contributed by atoms with Gasteiger partial charge in [0.1, 0.15) is 5.54 Å². The molecule has 6 heteroatoms. The van der Waals surface area contributed by atoms with Gasteiger partial charge in [-0.05, 0) is 25.5 Å². The molecule has 0 aromatic heterocycles. The van der Waals surface area contributed by atoms with Crippen molar-refractivity contribution in [3.05, 3.63) is 35.4 Å². The zero-order chi connectivity index (χ0) is 14.0. The fraction of sp³-hybridized carbons (Fsp3) is 0.417. The molecule has 0 atom stereocenters. The highest BCUT2D eigenvalue weighted by atomic mass is 19.4. The second-order valence-electron chi connectivity index (χ2n) is 4.48. The third-order valence-corrected chi connectivity index (χ3v) is 2.52. The minimum absolute atomic E-state index is 0.0588. The molecule has 0 bridgehead atoms. The molecular formula is C12H14F3NO2. The van der Waals surface area contributed by atoms with Gasteiger partial charge in [-0.2, -0.15) is 13.2 Å². The highest BCUT2D eigenvalue weighted by Crippen LogP contribution is 2.29. The van der Waals surface area contributed by atoms with E-state index in [1.807, 2.05) is 0 Å². The summed E-state index contributed by atoms with van der Waals surface area (Å²) in [6, 6.07) is 4.80. The van der Waals surface area contributed by atoms with E-state index in [9.17, 15) is 18.0 Å². The molecule has 18 heavy (non-hydrogen) atoms. The molecule has 1 aromatic carbocycles. The molecule has 0 saturated heterocycles. The first-order valence-electron chi connectivity index (χ1n) is 5.27. The maximum atomic E-state index is 12.5. The number of carboxylic acid groups (broad SMARTS) is 1. The van der Waals surface area contributed by atoms with Gasteiger partial charge in [0.2, 0.25) is 0 Å². The summed E-state index contributed by atoms with van der Waals surface area (Å²) in [6.07, 6.45) is -4.39. The van der Waals surface area contributed by atoms with E-state index in [1.165, 1.54) is 26.0 Å². The summed E-state index contributed by atoms with van der Waals surface area (Å²) >= 11 is 0. The number of hydrogen-bond acceptors (Lipinski definition) is 2. The van der Waals surface area contributed by atoms with E-state index in [-0.39, 0.29) is 6.54 Å². The fourth-order valence-corrected chi connectivity index (χ4v) is 1.26. The van der Waals surface area contributed by atoms with Crippen LogP contribution in [0.3, 0.4) is 0 Å². The van der Waals surface area contributed by atoms with E-state index in [0.29, 0.717) is 5.56 Å². The molecule has 1 rings (SSSR count). The van der Waals surface area contributed by atoms with Crippen molar-refractivity contribution in [2.24, 2.45) is 0 Å². The van der Waals surface area contributed by atoms with Gasteiger partial charge in [-0.3, -0.25) is 10.1 Å². The zero-order valence-electron chi connectivity index (χ0n) is 10.0. The maximum absolute atomic E-state index is 12.5. The van der Waals surface area contributed by atoms with Gasteiger partial charge in [0.15, 0.2) is 0 Å². The number of halogens is 3. The Hall–Kier alpha value is -1.56. The van der Waals surface area contributed by atoms with Crippen molar-refractivity contribution < 1.29 is 23.1 Å². The topological polar surface area (TPSA) is 49.3 Å². The molecule has 0 amide bonds. The Morgan fingerprint density at radius 1 is 1.33 bits per heavy atom. The van der Waals surface area contributed by atoms with Gasteiger partial charge in [0.25, 0.3) is 0 Å². The van der Waals surface area contributed by atoms with Crippen LogP contribution in [0.15, 0.2) is 24.3 Å². The summed E-state index contributed by atoms with van der Waals surface area (Å²) in [7, 11) is 0. The molecule has 2 N–H and O–H groups in total. The lowest BCUT2D eigenvalue weighted by Gasteiger charge is -2.21. The maximum Gasteiger partial charge on any atom is 0.416 e. The molecule has 0 spiro atoms. The molecule has 1 aromatic rings. The molecule has 0 unspecified atom stereocenters. The van der Waals surface area contributed by atoms with Crippen molar-refractivity contribution in [3.63, 3.8) is 0 Å². The van der Waals surface area contributed by atoms with Gasteiger partial charge in [0.05, 0.1) is 5.56 Å². The molecule has 0 aliphatic heterocycles. The van der Waals surface area contributed by atoms with Crippen LogP contribution in [0.1, 0.15) is 25.0 Å². The van der Waals surface area contributed by atoms with Crippen LogP contribution in [0, 0.1) is 0 Å². The number of hydrogen-bond donors (Lipinski definition) is 2. The number of carboxylic acids is 1. The van der Waals surface area contributed by atoms with E-state index >= 15 is 0 Å². The lowest BCUT2D eigenvalue weighted by molar-refractivity contribution is -0.143. The number of carbonyl (C=O) groups is 1. The average Bonchev–Trinajstić information content (AvgIpc) is 2.25. The third kappa shape index (κ3) is 3.73. The van der Waals surface area contributed by atoms with Crippen LogP contribution < -0.4 is 5.32 Å². The minimum atomic E-state index is -4.39. The van der Waals surface area contributed by atoms with Crippen molar-refractivity contribution in [2.45, 2.75) is 32.1 Å². The van der Waals surface area contributed by atoms with Crippen LogP contribution >= 0.6 is 0 Å². The van der Waals surface area contributed by atoms with Crippen molar-refractivity contribution in [1.82, 2.24) is 5.32 Å². The highest BCUT2D eigenvalue weighted by molar-refractivity contribution is 5.77. The normalized spacial score (nSPS) is 12.5. The predicted octanol–water partition coefficient (Wildman–Crippen LogP) is 2.66. The number of alkyl halides is 3. The third-order valence-electron chi connectivity index (χ3n) is 2.52. The average molecular weight is 261 g/mol. The Morgan fingerprint density at radius 3 is 2.44 bits per heavy atom. The van der Waals surface area contributed by atoms with Crippen LogP contribution in [0.5, 0.6) is 0 Å². The van der Waals surface area contributed by atoms with Gasteiger partial charge in [0, 0.05) is 6.54 Å². The monoisotopic (exact) mass is 261 g/mol. The van der Waals surface area contributed by atoms with Crippen LogP contribution in [-0.4, -0.2) is 16.6 Å². The van der Waals surface area contributed by atoms with Crippen LogP contribution in [0.2, 0.25) is 0 Å². The summed E-state index contributed by atoms with van der Waals surface area (Å²) in [5.41, 5.74) is -1.54. The van der Waals surface area contributed by atoms with E-state index < -0.39 is 23.2 Å². The summed E-state index contributed by atoms with van der Waals surface area (Å²) in [4.78, 5) is 10.8. The second-order valence-corrected chi connectivity index (χ2v) is 4.48. The summed E-state index contributed by atoms with van der Waals surface area (Å²) in [5.74, 6) is -1.06. The molecule has 0 heterocycles. The molecule has 3 nitrogen and oxygen atoms in total. The Balaban J connectivity index is 2.78. The Morgan fingerprint density at radius 2 is 1.94 bits per heavy atom. The first-order chi connectivity index (χ1) is 8.13. The number of rotatable bonds is 4. The van der Waals surface area contributed by atoms with E-state index in [2.05, 4.69) is 5.32 Å². The predicted molar refractivity (Wildman–Crippen MR) is 60.0 cm³/mol. The largest absolute Gasteiger partial charge is 0.480 e. The van der Waals surface area contributed by atoms with Gasteiger partial charge in [-0.25, -0.2) is 0 Å². The quantitative estimate of drug-likeness (QED) is 0.876. The number of aliphatic carboxylic acids is 1. The van der Waals surface area contributed by atoms with Crippen LogP contribution in [0.4, 0.5) is 13.2 Å². The van der Waals surface area contributed by atoms with Crippen LogP contribution in [-0.2, 0) is 17.5 Å². The van der Waals surface area contributed by atoms with Crippen molar-refractivity contribution >= 4 is 5.97 Å².